The summed E-state index contributed by atoms with van der Waals surface area (Å²) in [4.78, 5) is 0. The van der Waals surface area contributed by atoms with Gasteiger partial charge in [0.1, 0.15) is 5.82 Å². The van der Waals surface area contributed by atoms with Crippen LogP contribution >= 0.6 is 0 Å². The second kappa shape index (κ2) is 5.16. The van der Waals surface area contributed by atoms with Gasteiger partial charge in [0.05, 0.1) is 18.3 Å². The third-order valence-electron chi connectivity index (χ3n) is 2.23. The first-order valence-electron chi connectivity index (χ1n) is 4.80. The number of hydrogen-bond acceptors (Lipinski definition) is 1. The zero-order valence-electron chi connectivity index (χ0n) is 8.69. The summed E-state index contributed by atoms with van der Waals surface area (Å²) < 4.78 is 44.1. The summed E-state index contributed by atoms with van der Waals surface area (Å²) in [6.07, 6.45) is 0.630. The van der Waals surface area contributed by atoms with Crippen LogP contribution in [0.1, 0.15) is 25.8 Å². The minimum absolute atomic E-state index is 0.105. The van der Waals surface area contributed by atoms with Crippen molar-refractivity contribution in [2.24, 2.45) is 0 Å². The molecule has 15 heavy (non-hydrogen) atoms. The third-order valence-corrected chi connectivity index (χ3v) is 2.23. The Morgan fingerprint density at radius 3 is 2.40 bits per heavy atom. The molecule has 0 N–H and O–H groups in total. The first-order valence-corrected chi connectivity index (χ1v) is 4.80. The molecule has 0 amide bonds. The summed E-state index contributed by atoms with van der Waals surface area (Å²) in [5.41, 5.74) is -0.352. The van der Waals surface area contributed by atoms with Crippen LogP contribution in [0.5, 0.6) is 0 Å². The summed E-state index contributed by atoms with van der Waals surface area (Å²) in [6.45, 7) is 3.43. The molecule has 1 aromatic rings. The standard InChI is InChI=1S/C11H13F3O/c1-3-7(2)15-6-8-9(12)4-5-10(13)11(8)14/h4-5,7H,3,6H2,1-2H3. The van der Waals surface area contributed by atoms with Crippen LogP contribution in [-0.2, 0) is 11.3 Å². The van der Waals surface area contributed by atoms with Crippen molar-refractivity contribution in [1.29, 1.82) is 0 Å². The van der Waals surface area contributed by atoms with Crippen LogP contribution in [0.15, 0.2) is 12.1 Å². The van der Waals surface area contributed by atoms with Crippen LogP contribution in [-0.4, -0.2) is 6.10 Å². The molecule has 0 bridgehead atoms. The molecule has 1 rings (SSSR count). The molecule has 1 nitrogen and oxygen atoms in total. The number of halogens is 3. The predicted octanol–water partition coefficient (Wildman–Crippen LogP) is 3.42. The van der Waals surface area contributed by atoms with Gasteiger partial charge in [-0.3, -0.25) is 0 Å². The summed E-state index contributed by atoms with van der Waals surface area (Å²) in [6, 6.07) is 1.66. The summed E-state index contributed by atoms with van der Waals surface area (Å²) in [5.74, 6) is -3.00. The van der Waals surface area contributed by atoms with Crippen molar-refractivity contribution in [3.63, 3.8) is 0 Å². The summed E-state index contributed by atoms with van der Waals surface area (Å²) >= 11 is 0. The molecule has 4 heteroatoms. The molecule has 1 atom stereocenters. The molecule has 0 saturated heterocycles. The molecule has 1 aromatic carbocycles. The van der Waals surface area contributed by atoms with E-state index in [1.807, 2.05) is 6.92 Å². The lowest BCUT2D eigenvalue weighted by molar-refractivity contribution is 0.0471. The van der Waals surface area contributed by atoms with E-state index in [1.54, 1.807) is 6.92 Å². The molecule has 0 saturated carbocycles. The average molecular weight is 218 g/mol. The highest BCUT2D eigenvalue weighted by atomic mass is 19.2. The molecular weight excluding hydrogens is 205 g/mol. The monoisotopic (exact) mass is 218 g/mol. The van der Waals surface area contributed by atoms with E-state index in [4.69, 9.17) is 4.74 Å². The number of ether oxygens (including phenoxy) is 1. The fourth-order valence-corrected chi connectivity index (χ4v) is 1.04. The van der Waals surface area contributed by atoms with Gasteiger partial charge in [-0.15, -0.1) is 0 Å². The fourth-order valence-electron chi connectivity index (χ4n) is 1.04. The Bertz CT molecular complexity index is 339. The highest BCUT2D eigenvalue weighted by Crippen LogP contribution is 2.17. The average Bonchev–Trinajstić information content (AvgIpc) is 2.23. The van der Waals surface area contributed by atoms with E-state index < -0.39 is 17.5 Å². The molecule has 0 fully saturated rings. The smallest absolute Gasteiger partial charge is 0.167 e. The largest absolute Gasteiger partial charge is 0.374 e. The van der Waals surface area contributed by atoms with Gasteiger partial charge in [0.25, 0.3) is 0 Å². The van der Waals surface area contributed by atoms with E-state index in [0.29, 0.717) is 0 Å². The van der Waals surface area contributed by atoms with Crippen LogP contribution in [0.2, 0.25) is 0 Å². The van der Waals surface area contributed by atoms with Crippen LogP contribution in [0.25, 0.3) is 0 Å². The maximum Gasteiger partial charge on any atom is 0.167 e. The summed E-state index contributed by atoms with van der Waals surface area (Å²) in [7, 11) is 0. The van der Waals surface area contributed by atoms with Gasteiger partial charge in [0.15, 0.2) is 11.6 Å². The maximum absolute atomic E-state index is 13.1. The lowest BCUT2D eigenvalue weighted by Gasteiger charge is -2.11. The van der Waals surface area contributed by atoms with Gasteiger partial charge >= 0.3 is 0 Å². The molecular formula is C11H13F3O. The number of benzene rings is 1. The first-order chi connectivity index (χ1) is 7.06. The van der Waals surface area contributed by atoms with E-state index in [0.717, 1.165) is 18.6 Å². The Hall–Kier alpha value is -1.03. The molecule has 0 aliphatic carbocycles. The van der Waals surface area contributed by atoms with Crippen molar-refractivity contribution in [3.05, 3.63) is 35.1 Å². The minimum atomic E-state index is -1.17. The lowest BCUT2D eigenvalue weighted by atomic mass is 10.2. The van der Waals surface area contributed by atoms with E-state index in [1.165, 1.54) is 0 Å². The zero-order chi connectivity index (χ0) is 11.4. The fraction of sp³-hybridized carbons (Fsp3) is 0.455. The quantitative estimate of drug-likeness (QED) is 0.703. The Morgan fingerprint density at radius 2 is 1.80 bits per heavy atom. The van der Waals surface area contributed by atoms with Crippen LogP contribution in [0.3, 0.4) is 0 Å². The Morgan fingerprint density at radius 1 is 1.20 bits per heavy atom. The third kappa shape index (κ3) is 2.96. The second-order valence-electron chi connectivity index (χ2n) is 3.35. The predicted molar refractivity (Wildman–Crippen MR) is 50.9 cm³/mol. The van der Waals surface area contributed by atoms with Crippen molar-refractivity contribution < 1.29 is 17.9 Å². The van der Waals surface area contributed by atoms with Crippen molar-refractivity contribution in [2.75, 3.05) is 0 Å². The van der Waals surface area contributed by atoms with E-state index in [2.05, 4.69) is 0 Å². The molecule has 0 radical (unpaired) electrons. The maximum atomic E-state index is 13.1. The minimum Gasteiger partial charge on any atom is -0.374 e. The van der Waals surface area contributed by atoms with Crippen molar-refractivity contribution in [3.8, 4) is 0 Å². The van der Waals surface area contributed by atoms with Crippen molar-refractivity contribution in [2.45, 2.75) is 33.0 Å². The Kier molecular flexibility index (Phi) is 4.15. The second-order valence-corrected chi connectivity index (χ2v) is 3.35. The highest BCUT2D eigenvalue weighted by Gasteiger charge is 2.14. The van der Waals surface area contributed by atoms with Crippen LogP contribution in [0.4, 0.5) is 13.2 Å². The molecule has 0 heterocycles. The molecule has 0 aromatic heterocycles. The van der Waals surface area contributed by atoms with E-state index in [-0.39, 0.29) is 18.3 Å². The Balaban J connectivity index is 2.80. The zero-order valence-corrected chi connectivity index (χ0v) is 8.69. The van der Waals surface area contributed by atoms with Gasteiger partial charge in [0, 0.05) is 0 Å². The van der Waals surface area contributed by atoms with Gasteiger partial charge in [0.2, 0.25) is 0 Å². The van der Waals surface area contributed by atoms with Gasteiger partial charge in [-0.2, -0.15) is 0 Å². The summed E-state index contributed by atoms with van der Waals surface area (Å²) in [5, 5.41) is 0. The number of rotatable bonds is 4. The molecule has 84 valence electrons. The normalized spacial score (nSPS) is 12.9. The molecule has 0 aliphatic rings. The SMILES string of the molecule is CCC(C)OCc1c(F)ccc(F)c1F. The number of hydrogen-bond donors (Lipinski definition) is 0. The van der Waals surface area contributed by atoms with Crippen LogP contribution in [0, 0.1) is 17.5 Å². The van der Waals surface area contributed by atoms with Crippen LogP contribution < -0.4 is 0 Å². The highest BCUT2D eigenvalue weighted by molar-refractivity contribution is 5.20. The van der Waals surface area contributed by atoms with E-state index in [9.17, 15) is 13.2 Å². The topological polar surface area (TPSA) is 9.23 Å². The molecule has 0 spiro atoms. The molecule has 0 aliphatic heterocycles. The Labute approximate surface area is 86.9 Å². The van der Waals surface area contributed by atoms with Gasteiger partial charge < -0.3 is 4.74 Å². The lowest BCUT2D eigenvalue weighted by Crippen LogP contribution is -2.09. The van der Waals surface area contributed by atoms with Gasteiger partial charge in [-0.05, 0) is 25.5 Å². The van der Waals surface area contributed by atoms with Crippen molar-refractivity contribution in [1.82, 2.24) is 0 Å². The van der Waals surface area contributed by atoms with Gasteiger partial charge in [-0.25, -0.2) is 13.2 Å². The van der Waals surface area contributed by atoms with E-state index >= 15 is 0 Å². The first kappa shape index (κ1) is 12.0. The van der Waals surface area contributed by atoms with Crippen molar-refractivity contribution >= 4 is 0 Å². The van der Waals surface area contributed by atoms with Gasteiger partial charge in [-0.1, -0.05) is 6.92 Å². The molecule has 1 unspecified atom stereocenters.